The average Bonchev–Trinajstić information content (AvgIpc) is 2.85. The summed E-state index contributed by atoms with van der Waals surface area (Å²) in [4.78, 5) is 22.4. The lowest BCUT2D eigenvalue weighted by molar-refractivity contribution is 0.100. The molecule has 0 saturated carbocycles. The summed E-state index contributed by atoms with van der Waals surface area (Å²) in [5.41, 5.74) is 11.9. The van der Waals surface area contributed by atoms with Gasteiger partial charge in [-0.3, -0.25) is 9.36 Å². The molecule has 0 aliphatic rings. The number of hydrogen-bond donors (Lipinski definition) is 2. The molecule has 2 aromatic heterocycles. The minimum atomic E-state index is -0.645. The lowest BCUT2D eigenvalue weighted by atomic mass is 10.1. The lowest BCUT2D eigenvalue weighted by Gasteiger charge is -2.04. The molecule has 82 valence electrons. The Morgan fingerprint density at radius 1 is 1.25 bits per heavy atom. The van der Waals surface area contributed by atoms with Crippen LogP contribution in [0.4, 0.5) is 4.79 Å². The van der Waals surface area contributed by atoms with Crippen LogP contribution in [-0.4, -0.2) is 16.5 Å². The molecule has 2 heterocycles. The van der Waals surface area contributed by atoms with Crippen LogP contribution in [-0.2, 0) is 0 Å². The maximum Gasteiger partial charge on any atom is 0.323 e. The Hall–Kier alpha value is -2.08. The van der Waals surface area contributed by atoms with Crippen molar-refractivity contribution >= 4 is 23.3 Å². The van der Waals surface area contributed by atoms with Gasteiger partial charge in [-0.1, -0.05) is 0 Å². The van der Waals surface area contributed by atoms with Crippen LogP contribution in [0.25, 0.3) is 11.3 Å². The van der Waals surface area contributed by atoms with Crippen molar-refractivity contribution in [3.8, 4) is 11.3 Å². The van der Waals surface area contributed by atoms with E-state index in [1.54, 1.807) is 6.07 Å². The highest BCUT2D eigenvalue weighted by Gasteiger charge is 2.17. The first-order chi connectivity index (χ1) is 7.61. The van der Waals surface area contributed by atoms with Gasteiger partial charge >= 0.3 is 6.03 Å². The molecule has 2 aromatic rings. The van der Waals surface area contributed by atoms with E-state index in [4.69, 9.17) is 11.5 Å². The summed E-state index contributed by atoms with van der Waals surface area (Å²) in [6.45, 7) is 0. The van der Waals surface area contributed by atoms with Gasteiger partial charge in [0.15, 0.2) is 0 Å². The molecule has 5 nitrogen and oxygen atoms in total. The largest absolute Gasteiger partial charge is 0.366 e. The number of rotatable bonds is 2. The molecule has 6 heteroatoms. The first-order valence-corrected chi connectivity index (χ1v) is 5.39. The molecule has 0 unspecified atom stereocenters. The highest BCUT2D eigenvalue weighted by atomic mass is 32.1. The van der Waals surface area contributed by atoms with Gasteiger partial charge < -0.3 is 11.5 Å². The van der Waals surface area contributed by atoms with Crippen molar-refractivity contribution in [3.05, 3.63) is 34.7 Å². The van der Waals surface area contributed by atoms with E-state index in [2.05, 4.69) is 0 Å². The monoisotopic (exact) mass is 235 g/mol. The molecule has 0 fully saturated rings. The van der Waals surface area contributed by atoms with E-state index >= 15 is 0 Å². The number of carbonyl (C=O) groups is 2. The molecule has 16 heavy (non-hydrogen) atoms. The molecular weight excluding hydrogens is 226 g/mol. The molecule has 0 aliphatic heterocycles. The third kappa shape index (κ3) is 1.59. The van der Waals surface area contributed by atoms with Gasteiger partial charge in [-0.2, -0.15) is 11.3 Å². The average molecular weight is 235 g/mol. The Morgan fingerprint density at radius 2 is 2.00 bits per heavy atom. The molecule has 0 spiro atoms. The van der Waals surface area contributed by atoms with E-state index in [-0.39, 0.29) is 5.56 Å². The fourth-order valence-electron chi connectivity index (χ4n) is 1.51. The number of amides is 2. The summed E-state index contributed by atoms with van der Waals surface area (Å²) >= 11 is 1.46. The molecule has 0 radical (unpaired) electrons. The highest BCUT2D eigenvalue weighted by Crippen LogP contribution is 2.26. The SMILES string of the molecule is NC(=O)c1ccn(C(N)=O)c1-c1ccsc1. The predicted molar refractivity (Wildman–Crippen MR) is 61.2 cm³/mol. The van der Waals surface area contributed by atoms with Crippen molar-refractivity contribution in [2.45, 2.75) is 0 Å². The Kier molecular flexibility index (Phi) is 2.49. The van der Waals surface area contributed by atoms with Crippen molar-refractivity contribution < 1.29 is 9.59 Å². The Labute approximate surface area is 95.3 Å². The number of carbonyl (C=O) groups excluding carboxylic acids is 2. The van der Waals surface area contributed by atoms with E-state index in [1.165, 1.54) is 28.2 Å². The summed E-state index contributed by atoms with van der Waals surface area (Å²) in [6, 6.07) is 2.64. The van der Waals surface area contributed by atoms with Crippen LogP contribution in [0.5, 0.6) is 0 Å². The maximum atomic E-state index is 11.2. The van der Waals surface area contributed by atoms with Crippen LogP contribution in [0.3, 0.4) is 0 Å². The van der Waals surface area contributed by atoms with Crippen molar-refractivity contribution in [1.82, 2.24) is 4.57 Å². The first kappa shape index (κ1) is 10.4. The van der Waals surface area contributed by atoms with Gasteiger partial charge in [0, 0.05) is 17.1 Å². The van der Waals surface area contributed by atoms with Crippen molar-refractivity contribution in [1.29, 1.82) is 0 Å². The smallest absolute Gasteiger partial charge is 0.323 e. The van der Waals surface area contributed by atoms with Crippen LogP contribution in [0, 0.1) is 0 Å². The number of nitrogens with zero attached hydrogens (tertiary/aromatic N) is 1. The van der Waals surface area contributed by atoms with Gasteiger partial charge in [-0.25, -0.2) is 4.79 Å². The lowest BCUT2D eigenvalue weighted by Crippen LogP contribution is -2.20. The van der Waals surface area contributed by atoms with Crippen LogP contribution < -0.4 is 11.5 Å². The van der Waals surface area contributed by atoms with Crippen LogP contribution in [0.15, 0.2) is 29.1 Å². The Morgan fingerprint density at radius 3 is 2.50 bits per heavy atom. The Bertz CT molecular complexity index is 511. The fraction of sp³-hybridized carbons (Fsp3) is 0. The number of primary amides is 2. The standard InChI is InChI=1S/C10H9N3O2S/c11-9(14)7-1-3-13(10(12)15)8(7)6-2-4-16-5-6/h1-5H,(H2,11,14)(H2,12,15). The number of nitrogens with two attached hydrogens (primary N) is 2. The van der Waals surface area contributed by atoms with Crippen LogP contribution in [0.1, 0.15) is 10.4 Å². The molecule has 0 saturated heterocycles. The molecule has 4 N–H and O–H groups in total. The topological polar surface area (TPSA) is 91.1 Å². The normalized spacial score (nSPS) is 10.2. The minimum Gasteiger partial charge on any atom is -0.366 e. The maximum absolute atomic E-state index is 11.2. The van der Waals surface area contributed by atoms with Gasteiger partial charge in [-0.15, -0.1) is 0 Å². The fourth-order valence-corrected chi connectivity index (χ4v) is 2.15. The van der Waals surface area contributed by atoms with Crippen molar-refractivity contribution in [2.24, 2.45) is 11.5 Å². The van der Waals surface area contributed by atoms with Gasteiger partial charge in [-0.05, 0) is 17.5 Å². The van der Waals surface area contributed by atoms with Crippen molar-refractivity contribution in [2.75, 3.05) is 0 Å². The highest BCUT2D eigenvalue weighted by molar-refractivity contribution is 7.08. The zero-order valence-electron chi connectivity index (χ0n) is 8.21. The Balaban J connectivity index is 2.68. The van der Waals surface area contributed by atoms with E-state index in [9.17, 15) is 9.59 Å². The van der Waals surface area contributed by atoms with E-state index in [0.29, 0.717) is 5.69 Å². The molecule has 2 rings (SSSR count). The number of aromatic nitrogens is 1. The molecule has 0 bridgehead atoms. The minimum absolute atomic E-state index is 0.289. The number of hydrogen-bond acceptors (Lipinski definition) is 3. The zero-order valence-corrected chi connectivity index (χ0v) is 9.03. The second-order valence-corrected chi connectivity index (χ2v) is 3.94. The summed E-state index contributed by atoms with van der Waals surface area (Å²) in [5, 5.41) is 3.67. The van der Waals surface area contributed by atoms with Gasteiger partial charge in [0.25, 0.3) is 5.91 Å². The molecule has 0 aliphatic carbocycles. The van der Waals surface area contributed by atoms with Gasteiger partial charge in [0.1, 0.15) is 0 Å². The van der Waals surface area contributed by atoms with Crippen molar-refractivity contribution in [3.63, 3.8) is 0 Å². The second-order valence-electron chi connectivity index (χ2n) is 3.16. The molecule has 2 amide bonds. The number of thiophene rings is 1. The van der Waals surface area contributed by atoms with E-state index < -0.39 is 11.9 Å². The summed E-state index contributed by atoms with van der Waals surface area (Å²) in [5.74, 6) is -0.582. The van der Waals surface area contributed by atoms with E-state index in [0.717, 1.165) is 5.56 Å². The van der Waals surface area contributed by atoms with Gasteiger partial charge in [0.2, 0.25) is 0 Å². The summed E-state index contributed by atoms with van der Waals surface area (Å²) in [6.07, 6.45) is 1.44. The second kappa shape index (κ2) is 3.82. The molecular formula is C10H9N3O2S. The zero-order chi connectivity index (χ0) is 11.7. The summed E-state index contributed by atoms with van der Waals surface area (Å²) in [7, 11) is 0. The first-order valence-electron chi connectivity index (χ1n) is 4.45. The quantitative estimate of drug-likeness (QED) is 0.819. The van der Waals surface area contributed by atoms with Crippen LogP contribution in [0.2, 0.25) is 0 Å². The predicted octanol–water partition coefficient (Wildman–Crippen LogP) is 1.24. The van der Waals surface area contributed by atoms with E-state index in [1.807, 2.05) is 10.8 Å². The molecule has 0 aromatic carbocycles. The van der Waals surface area contributed by atoms with Gasteiger partial charge in [0.05, 0.1) is 11.3 Å². The third-order valence-electron chi connectivity index (χ3n) is 2.18. The third-order valence-corrected chi connectivity index (χ3v) is 2.87. The van der Waals surface area contributed by atoms with Crippen LogP contribution >= 0.6 is 11.3 Å². The summed E-state index contributed by atoms with van der Waals surface area (Å²) < 4.78 is 1.21. The molecule has 0 atom stereocenters.